The van der Waals surface area contributed by atoms with Gasteiger partial charge in [-0.1, -0.05) is 30.9 Å². The molecule has 0 unspecified atom stereocenters. The van der Waals surface area contributed by atoms with E-state index in [2.05, 4.69) is 26.9 Å². The summed E-state index contributed by atoms with van der Waals surface area (Å²) in [6.45, 7) is 5.12. The fourth-order valence-corrected chi connectivity index (χ4v) is 1.72. The number of halogens is 1. The molecule has 0 spiro atoms. The predicted octanol–water partition coefficient (Wildman–Crippen LogP) is 2.10. The lowest BCUT2D eigenvalue weighted by molar-refractivity contribution is -0.140. The number of carbonyl (C=O) groups excluding carboxylic acids is 1. The summed E-state index contributed by atoms with van der Waals surface area (Å²) in [4.78, 5) is 15.2. The summed E-state index contributed by atoms with van der Waals surface area (Å²) in [7, 11) is 3.04. The largest absolute Gasteiger partial charge is 0.489 e. The molecule has 0 radical (unpaired) electrons. The lowest BCUT2D eigenvalue weighted by atomic mass is 10.2. The highest BCUT2D eigenvalue weighted by Crippen LogP contribution is 2.17. The van der Waals surface area contributed by atoms with Crippen LogP contribution in [0.5, 0.6) is 5.75 Å². The summed E-state index contributed by atoms with van der Waals surface area (Å²) in [5.74, 6) is 1.16. The zero-order valence-electron chi connectivity index (χ0n) is 13.5. The third-order valence-corrected chi connectivity index (χ3v) is 2.85. The Balaban J connectivity index is 0.00000484. The number of aliphatic imine (C=N–C) groups is 1. The number of carbonyl (C=O) groups is 1. The molecule has 0 heterocycles. The van der Waals surface area contributed by atoms with Crippen molar-refractivity contribution in [2.45, 2.75) is 13.0 Å². The fourth-order valence-electron chi connectivity index (χ4n) is 1.72. The van der Waals surface area contributed by atoms with E-state index in [1.165, 1.54) is 7.11 Å². The summed E-state index contributed by atoms with van der Waals surface area (Å²) in [5.41, 5.74) is 1.01. The number of guanidine groups is 1. The van der Waals surface area contributed by atoms with Crippen LogP contribution < -0.4 is 15.4 Å². The van der Waals surface area contributed by atoms with Gasteiger partial charge in [-0.15, -0.1) is 24.0 Å². The number of benzene rings is 1. The molecule has 128 valence electrons. The molecule has 23 heavy (non-hydrogen) atoms. The molecule has 0 aliphatic heterocycles. The highest BCUT2D eigenvalue weighted by Gasteiger charge is 2.05. The number of para-hydroxylation sites is 1. The topological polar surface area (TPSA) is 72.0 Å². The number of rotatable bonds is 8. The number of esters is 1. The van der Waals surface area contributed by atoms with Crippen LogP contribution >= 0.6 is 24.0 Å². The normalized spacial score (nSPS) is 10.3. The SMILES string of the molecule is C=CCOc1ccccc1CNC(=NC)NCCC(=O)OC.I. The predicted molar refractivity (Wildman–Crippen MR) is 102 cm³/mol. The highest BCUT2D eigenvalue weighted by atomic mass is 127. The van der Waals surface area contributed by atoms with Crippen molar-refractivity contribution in [3.05, 3.63) is 42.5 Å². The average molecular weight is 433 g/mol. The Kier molecular flexibility index (Phi) is 11.8. The van der Waals surface area contributed by atoms with Gasteiger partial charge in [-0.3, -0.25) is 9.79 Å². The Hall–Kier alpha value is -1.77. The molecule has 2 N–H and O–H groups in total. The Morgan fingerprint density at radius 2 is 2.09 bits per heavy atom. The van der Waals surface area contributed by atoms with E-state index in [0.29, 0.717) is 25.7 Å². The maximum Gasteiger partial charge on any atom is 0.307 e. The molecule has 1 rings (SSSR count). The molecule has 7 heteroatoms. The second-order valence-electron chi connectivity index (χ2n) is 4.39. The lowest BCUT2D eigenvalue weighted by Gasteiger charge is -2.14. The molecule has 0 bridgehead atoms. The molecular formula is C16H24IN3O3. The Bertz CT molecular complexity index is 521. The summed E-state index contributed by atoms with van der Waals surface area (Å²) in [6, 6.07) is 7.76. The van der Waals surface area contributed by atoms with Crippen molar-refractivity contribution in [2.24, 2.45) is 4.99 Å². The summed E-state index contributed by atoms with van der Waals surface area (Å²) in [5, 5.41) is 6.22. The number of ether oxygens (including phenoxy) is 2. The van der Waals surface area contributed by atoms with Gasteiger partial charge in [-0.05, 0) is 6.07 Å². The van der Waals surface area contributed by atoms with Crippen LogP contribution in [0.3, 0.4) is 0 Å². The van der Waals surface area contributed by atoms with Crippen molar-refractivity contribution >= 4 is 35.9 Å². The maximum absolute atomic E-state index is 11.1. The van der Waals surface area contributed by atoms with Gasteiger partial charge in [0.05, 0.1) is 13.5 Å². The Morgan fingerprint density at radius 1 is 1.35 bits per heavy atom. The minimum atomic E-state index is -0.258. The minimum Gasteiger partial charge on any atom is -0.489 e. The third-order valence-electron chi connectivity index (χ3n) is 2.85. The third kappa shape index (κ3) is 8.44. The molecule has 0 atom stereocenters. The molecule has 0 fully saturated rings. The van der Waals surface area contributed by atoms with Gasteiger partial charge in [0.25, 0.3) is 0 Å². The minimum absolute atomic E-state index is 0. The van der Waals surface area contributed by atoms with Crippen LogP contribution in [0.1, 0.15) is 12.0 Å². The van der Waals surface area contributed by atoms with Crippen LogP contribution in [0.15, 0.2) is 41.9 Å². The Morgan fingerprint density at radius 3 is 2.74 bits per heavy atom. The summed E-state index contributed by atoms with van der Waals surface area (Å²) >= 11 is 0. The molecule has 0 aliphatic rings. The van der Waals surface area contributed by atoms with Crippen molar-refractivity contribution in [2.75, 3.05) is 27.3 Å². The second kappa shape index (κ2) is 12.7. The fraction of sp³-hybridized carbons (Fsp3) is 0.375. The van der Waals surface area contributed by atoms with Crippen molar-refractivity contribution in [1.29, 1.82) is 0 Å². The van der Waals surface area contributed by atoms with E-state index in [1.807, 2.05) is 24.3 Å². The number of nitrogens with zero attached hydrogens (tertiary/aromatic N) is 1. The summed E-state index contributed by atoms with van der Waals surface area (Å²) in [6.07, 6.45) is 1.99. The van der Waals surface area contributed by atoms with E-state index >= 15 is 0 Å². The average Bonchev–Trinajstić information content (AvgIpc) is 2.56. The van der Waals surface area contributed by atoms with Crippen molar-refractivity contribution in [1.82, 2.24) is 10.6 Å². The van der Waals surface area contributed by atoms with Crippen LogP contribution in [0.2, 0.25) is 0 Å². The van der Waals surface area contributed by atoms with Crippen LogP contribution in [-0.4, -0.2) is 39.2 Å². The van der Waals surface area contributed by atoms with E-state index in [-0.39, 0.29) is 36.4 Å². The van der Waals surface area contributed by atoms with E-state index in [1.54, 1.807) is 13.1 Å². The van der Waals surface area contributed by atoms with Crippen LogP contribution in [-0.2, 0) is 16.1 Å². The van der Waals surface area contributed by atoms with E-state index in [4.69, 9.17) is 4.74 Å². The number of hydrogen-bond acceptors (Lipinski definition) is 4. The molecular weight excluding hydrogens is 409 g/mol. The molecule has 0 aromatic heterocycles. The molecule has 0 aliphatic carbocycles. The quantitative estimate of drug-likeness (QED) is 0.216. The van der Waals surface area contributed by atoms with Crippen molar-refractivity contribution in [3.63, 3.8) is 0 Å². The summed E-state index contributed by atoms with van der Waals surface area (Å²) < 4.78 is 10.2. The first kappa shape index (κ1) is 21.2. The van der Waals surface area contributed by atoms with E-state index < -0.39 is 0 Å². The zero-order valence-corrected chi connectivity index (χ0v) is 15.8. The molecule has 6 nitrogen and oxygen atoms in total. The van der Waals surface area contributed by atoms with Gasteiger partial charge < -0.3 is 20.1 Å². The van der Waals surface area contributed by atoms with E-state index in [9.17, 15) is 4.79 Å². The van der Waals surface area contributed by atoms with Gasteiger partial charge in [-0.2, -0.15) is 0 Å². The molecule has 1 aromatic rings. The zero-order chi connectivity index (χ0) is 16.2. The van der Waals surface area contributed by atoms with Gasteiger partial charge >= 0.3 is 5.97 Å². The molecule has 0 saturated heterocycles. The molecule has 0 saturated carbocycles. The van der Waals surface area contributed by atoms with Crippen LogP contribution in [0.25, 0.3) is 0 Å². The van der Waals surface area contributed by atoms with Crippen LogP contribution in [0, 0.1) is 0 Å². The van der Waals surface area contributed by atoms with Gasteiger partial charge in [0.1, 0.15) is 12.4 Å². The molecule has 0 amide bonds. The molecule has 1 aromatic carbocycles. The Labute approximate surface area is 154 Å². The first-order valence-electron chi connectivity index (χ1n) is 7.04. The van der Waals surface area contributed by atoms with Crippen molar-refractivity contribution < 1.29 is 14.3 Å². The highest BCUT2D eigenvalue weighted by molar-refractivity contribution is 14.0. The first-order chi connectivity index (χ1) is 10.7. The van der Waals surface area contributed by atoms with Gasteiger partial charge in [0.2, 0.25) is 0 Å². The lowest BCUT2D eigenvalue weighted by Crippen LogP contribution is -2.38. The monoisotopic (exact) mass is 433 g/mol. The van der Waals surface area contributed by atoms with Crippen molar-refractivity contribution in [3.8, 4) is 5.75 Å². The van der Waals surface area contributed by atoms with Gasteiger partial charge in [0, 0.05) is 25.7 Å². The van der Waals surface area contributed by atoms with Crippen LogP contribution in [0.4, 0.5) is 0 Å². The van der Waals surface area contributed by atoms with Gasteiger partial charge in [0.15, 0.2) is 5.96 Å². The standard InChI is InChI=1S/C16H23N3O3.HI/c1-4-11-22-14-8-6-5-7-13(14)12-19-16(17-2)18-10-9-15(20)21-3;/h4-8H,1,9-12H2,2-3H3,(H2,17,18,19);1H. The first-order valence-corrected chi connectivity index (χ1v) is 7.04. The van der Waals surface area contributed by atoms with Gasteiger partial charge in [-0.25, -0.2) is 0 Å². The number of nitrogens with one attached hydrogen (secondary N) is 2. The van der Waals surface area contributed by atoms with E-state index in [0.717, 1.165) is 11.3 Å². The number of hydrogen-bond donors (Lipinski definition) is 2. The maximum atomic E-state index is 11.1. The smallest absolute Gasteiger partial charge is 0.307 e. The number of methoxy groups -OCH3 is 1. The second-order valence-corrected chi connectivity index (χ2v) is 4.39.